The Morgan fingerprint density at radius 2 is 1.65 bits per heavy atom. The first kappa shape index (κ1) is 25.9. The fourth-order valence-electron chi connectivity index (χ4n) is 4.35. The lowest BCUT2D eigenvalue weighted by Gasteiger charge is -2.26. The summed E-state index contributed by atoms with van der Waals surface area (Å²) in [5.41, 5.74) is 4.66. The van der Waals surface area contributed by atoms with E-state index in [4.69, 9.17) is 14.2 Å². The summed E-state index contributed by atoms with van der Waals surface area (Å²) in [7, 11) is 1.40. The highest BCUT2D eigenvalue weighted by atomic mass is 16.5. The third kappa shape index (κ3) is 7.15. The van der Waals surface area contributed by atoms with E-state index in [9.17, 15) is 9.59 Å². The van der Waals surface area contributed by atoms with Gasteiger partial charge in [-0.05, 0) is 65.6 Å². The molecule has 3 rings (SSSR count). The normalized spacial score (nSPS) is 15.2. The van der Waals surface area contributed by atoms with E-state index in [0.717, 1.165) is 56.8 Å². The first-order chi connectivity index (χ1) is 16.4. The Morgan fingerprint density at radius 3 is 2.29 bits per heavy atom. The van der Waals surface area contributed by atoms with Gasteiger partial charge in [0.25, 0.3) is 0 Å². The first-order valence-corrected chi connectivity index (χ1v) is 12.2. The summed E-state index contributed by atoms with van der Waals surface area (Å²) >= 11 is 0. The van der Waals surface area contributed by atoms with Crippen LogP contribution in [0.4, 0.5) is 0 Å². The Hall–Kier alpha value is -2.70. The van der Waals surface area contributed by atoms with Gasteiger partial charge in [0.05, 0.1) is 38.1 Å². The van der Waals surface area contributed by atoms with E-state index in [0.29, 0.717) is 23.7 Å². The molecule has 0 saturated carbocycles. The summed E-state index contributed by atoms with van der Waals surface area (Å²) in [5.74, 6) is -0.0237. The molecule has 184 valence electrons. The molecule has 1 unspecified atom stereocenters. The van der Waals surface area contributed by atoms with Crippen molar-refractivity contribution in [1.29, 1.82) is 0 Å². The number of morpholine rings is 1. The summed E-state index contributed by atoms with van der Waals surface area (Å²) in [6, 6.07) is 13.5. The van der Waals surface area contributed by atoms with Crippen LogP contribution in [-0.2, 0) is 20.6 Å². The van der Waals surface area contributed by atoms with Crippen molar-refractivity contribution in [3.8, 4) is 0 Å². The minimum Gasteiger partial charge on any atom is -0.465 e. The molecule has 0 amide bonds. The van der Waals surface area contributed by atoms with Crippen LogP contribution in [0.5, 0.6) is 0 Å². The summed E-state index contributed by atoms with van der Waals surface area (Å²) in [4.78, 5) is 26.8. The van der Waals surface area contributed by atoms with Gasteiger partial charge in [0.2, 0.25) is 0 Å². The molecule has 2 aromatic rings. The van der Waals surface area contributed by atoms with Crippen molar-refractivity contribution in [3.05, 3.63) is 70.3 Å². The van der Waals surface area contributed by atoms with Crippen molar-refractivity contribution >= 4 is 11.9 Å². The first-order valence-electron chi connectivity index (χ1n) is 12.2. The number of carbonyl (C=O) groups excluding carboxylic acids is 2. The Balaban J connectivity index is 1.56. The zero-order valence-corrected chi connectivity index (χ0v) is 20.8. The van der Waals surface area contributed by atoms with Gasteiger partial charge in [-0.1, -0.05) is 39.0 Å². The predicted octanol–water partition coefficient (Wildman–Crippen LogP) is 4.82. The van der Waals surface area contributed by atoms with Gasteiger partial charge in [0.15, 0.2) is 0 Å². The van der Waals surface area contributed by atoms with Crippen molar-refractivity contribution in [2.24, 2.45) is 0 Å². The number of hydrogen-bond donors (Lipinski definition) is 0. The van der Waals surface area contributed by atoms with E-state index in [1.807, 2.05) is 42.5 Å². The van der Waals surface area contributed by atoms with Crippen LogP contribution in [-0.4, -0.2) is 63.4 Å². The van der Waals surface area contributed by atoms with Crippen LogP contribution in [0.25, 0.3) is 0 Å². The minimum atomic E-state index is -0.322. The number of ether oxygens (including phenoxy) is 3. The molecule has 0 aromatic heterocycles. The summed E-state index contributed by atoms with van der Waals surface area (Å²) in [5, 5.41) is 0. The van der Waals surface area contributed by atoms with E-state index >= 15 is 0 Å². The minimum absolute atomic E-state index is 0.226. The summed E-state index contributed by atoms with van der Waals surface area (Å²) in [6.45, 7) is 11.3. The van der Waals surface area contributed by atoms with Crippen molar-refractivity contribution < 1.29 is 23.8 Å². The Labute approximate surface area is 203 Å². The van der Waals surface area contributed by atoms with E-state index < -0.39 is 0 Å². The molecule has 2 aromatic carbocycles. The van der Waals surface area contributed by atoms with Gasteiger partial charge in [0.1, 0.15) is 0 Å². The molecule has 0 bridgehead atoms. The molecule has 0 N–H and O–H groups in total. The maximum absolute atomic E-state index is 12.4. The van der Waals surface area contributed by atoms with Crippen LogP contribution in [0.1, 0.15) is 76.4 Å². The van der Waals surface area contributed by atoms with E-state index in [2.05, 4.69) is 25.7 Å². The van der Waals surface area contributed by atoms with Gasteiger partial charge in [-0.15, -0.1) is 0 Å². The highest BCUT2D eigenvalue weighted by Crippen LogP contribution is 2.28. The molecular weight excluding hydrogens is 430 g/mol. The molecule has 1 aliphatic heterocycles. The number of hydrogen-bond acceptors (Lipinski definition) is 6. The number of rotatable bonds is 10. The van der Waals surface area contributed by atoms with Crippen LogP contribution >= 0.6 is 0 Å². The van der Waals surface area contributed by atoms with E-state index in [-0.39, 0.29) is 17.9 Å². The molecule has 0 aliphatic carbocycles. The zero-order valence-electron chi connectivity index (χ0n) is 20.8. The molecule has 0 radical (unpaired) electrons. The van der Waals surface area contributed by atoms with Gasteiger partial charge in [-0.3, -0.25) is 4.90 Å². The lowest BCUT2D eigenvalue weighted by atomic mass is 9.87. The summed E-state index contributed by atoms with van der Waals surface area (Å²) in [6.07, 6.45) is 1.62. The van der Waals surface area contributed by atoms with Crippen LogP contribution in [0.3, 0.4) is 0 Å². The fourth-order valence-corrected chi connectivity index (χ4v) is 4.35. The molecule has 1 aliphatic rings. The Bertz CT molecular complexity index is 948. The highest BCUT2D eigenvalue weighted by Gasteiger charge is 2.16. The fraction of sp³-hybridized carbons (Fsp3) is 0.500. The molecule has 34 heavy (non-hydrogen) atoms. The number of benzene rings is 2. The molecule has 0 spiro atoms. The number of carbonyl (C=O) groups is 2. The quantitative estimate of drug-likeness (QED) is 0.369. The standard InChI is InChI=1S/C28H37NO5/c1-20(2)26-11-10-24(27(30)32-4)19-25(26)18-21(3)22-6-8-23(9-7-22)28(31)34-15-5-12-29-13-16-33-17-14-29/h6-11,19-21H,5,12-18H2,1-4H3. The van der Waals surface area contributed by atoms with Crippen LogP contribution in [0, 0.1) is 0 Å². The van der Waals surface area contributed by atoms with Gasteiger partial charge >= 0.3 is 11.9 Å². The topological polar surface area (TPSA) is 65.1 Å². The second-order valence-corrected chi connectivity index (χ2v) is 9.23. The largest absolute Gasteiger partial charge is 0.465 e. The second-order valence-electron chi connectivity index (χ2n) is 9.23. The van der Waals surface area contributed by atoms with Gasteiger partial charge in [-0.25, -0.2) is 9.59 Å². The van der Waals surface area contributed by atoms with E-state index in [1.54, 1.807) is 0 Å². The van der Waals surface area contributed by atoms with Gasteiger partial charge in [0, 0.05) is 19.6 Å². The smallest absolute Gasteiger partial charge is 0.338 e. The van der Waals surface area contributed by atoms with Crippen molar-refractivity contribution in [2.75, 3.05) is 46.6 Å². The highest BCUT2D eigenvalue weighted by molar-refractivity contribution is 5.90. The molecule has 1 saturated heterocycles. The lowest BCUT2D eigenvalue weighted by Crippen LogP contribution is -2.37. The zero-order chi connectivity index (χ0) is 24.5. The van der Waals surface area contributed by atoms with E-state index in [1.165, 1.54) is 12.7 Å². The SMILES string of the molecule is COC(=O)c1ccc(C(C)C)c(CC(C)c2ccc(C(=O)OCCCN3CCOCC3)cc2)c1. The number of methoxy groups -OCH3 is 1. The Morgan fingerprint density at radius 1 is 0.971 bits per heavy atom. The third-order valence-electron chi connectivity index (χ3n) is 6.38. The summed E-state index contributed by atoms with van der Waals surface area (Å²) < 4.78 is 15.7. The second kappa shape index (κ2) is 12.7. The average Bonchev–Trinajstić information content (AvgIpc) is 2.86. The van der Waals surface area contributed by atoms with Crippen molar-refractivity contribution in [1.82, 2.24) is 4.90 Å². The molecule has 1 atom stereocenters. The maximum atomic E-state index is 12.4. The molecule has 6 nitrogen and oxygen atoms in total. The van der Waals surface area contributed by atoms with Crippen LogP contribution in [0.15, 0.2) is 42.5 Å². The van der Waals surface area contributed by atoms with Crippen LogP contribution < -0.4 is 0 Å². The molecule has 1 heterocycles. The third-order valence-corrected chi connectivity index (χ3v) is 6.38. The van der Waals surface area contributed by atoms with Gasteiger partial charge in [-0.2, -0.15) is 0 Å². The Kier molecular flexibility index (Phi) is 9.66. The van der Waals surface area contributed by atoms with Crippen molar-refractivity contribution in [2.45, 2.75) is 45.4 Å². The average molecular weight is 468 g/mol. The monoisotopic (exact) mass is 467 g/mol. The maximum Gasteiger partial charge on any atom is 0.338 e. The van der Waals surface area contributed by atoms with Crippen LogP contribution in [0.2, 0.25) is 0 Å². The molecule has 1 fully saturated rings. The van der Waals surface area contributed by atoms with Crippen molar-refractivity contribution in [3.63, 3.8) is 0 Å². The predicted molar refractivity (Wildman–Crippen MR) is 133 cm³/mol. The molecular formula is C28H37NO5. The molecule has 6 heteroatoms. The van der Waals surface area contributed by atoms with Gasteiger partial charge < -0.3 is 14.2 Å². The number of esters is 2. The number of nitrogens with zero attached hydrogens (tertiary/aromatic N) is 1. The lowest BCUT2D eigenvalue weighted by molar-refractivity contribution is 0.0298.